The van der Waals surface area contributed by atoms with Crippen molar-refractivity contribution in [2.45, 2.75) is 31.6 Å². The molecule has 0 N–H and O–H groups in total. The summed E-state index contributed by atoms with van der Waals surface area (Å²) in [5.74, 6) is 0.295. The van der Waals surface area contributed by atoms with Gasteiger partial charge < -0.3 is 0 Å². The van der Waals surface area contributed by atoms with E-state index in [4.69, 9.17) is 0 Å². The molecule has 0 amide bonds. The lowest BCUT2D eigenvalue weighted by molar-refractivity contribution is 0.274. The van der Waals surface area contributed by atoms with Gasteiger partial charge in [-0.05, 0) is 25.3 Å². The molecule has 2 rings (SSSR count). The zero-order valence-corrected chi connectivity index (χ0v) is 10.7. The molecule has 0 bridgehead atoms. The van der Waals surface area contributed by atoms with Crippen LogP contribution in [0.5, 0.6) is 0 Å². The Labute approximate surface area is 97.6 Å². The Morgan fingerprint density at radius 3 is 2.12 bits per heavy atom. The number of aryl methyl sites for hydroxylation is 1. The van der Waals surface area contributed by atoms with Crippen LogP contribution in [0.1, 0.15) is 30.4 Å². The molecule has 1 aromatic carbocycles. The van der Waals surface area contributed by atoms with Crippen molar-refractivity contribution in [1.82, 2.24) is 0 Å². The Balaban J connectivity index is 2.31. The summed E-state index contributed by atoms with van der Waals surface area (Å²) < 4.78 is 23.0. The average molecular weight is 238 g/mol. The monoisotopic (exact) mass is 238 g/mol. The SMILES string of the molecule is Cc1ccc(C2(CS(C)(=O)=O)CCC2)cc1. The fraction of sp³-hybridized carbons (Fsp3) is 0.538. The highest BCUT2D eigenvalue weighted by molar-refractivity contribution is 7.90. The molecule has 0 saturated heterocycles. The highest BCUT2D eigenvalue weighted by Crippen LogP contribution is 2.44. The zero-order valence-electron chi connectivity index (χ0n) is 9.86. The molecule has 1 fully saturated rings. The van der Waals surface area contributed by atoms with Gasteiger partial charge in [-0.3, -0.25) is 0 Å². The molecule has 0 radical (unpaired) electrons. The summed E-state index contributed by atoms with van der Waals surface area (Å²) in [6.45, 7) is 2.05. The largest absolute Gasteiger partial charge is 0.229 e. The van der Waals surface area contributed by atoms with E-state index >= 15 is 0 Å². The minimum absolute atomic E-state index is 0.0959. The molecule has 0 unspecified atom stereocenters. The second kappa shape index (κ2) is 3.88. The summed E-state index contributed by atoms with van der Waals surface area (Å²) in [6, 6.07) is 8.30. The molecule has 0 aromatic heterocycles. The number of hydrogen-bond donors (Lipinski definition) is 0. The highest BCUT2D eigenvalue weighted by Gasteiger charge is 2.41. The Kier molecular flexibility index (Phi) is 2.82. The smallest absolute Gasteiger partial charge is 0.148 e. The maximum absolute atomic E-state index is 11.5. The third kappa shape index (κ3) is 2.29. The molecule has 0 atom stereocenters. The van der Waals surface area contributed by atoms with Crippen molar-refractivity contribution >= 4 is 9.84 Å². The van der Waals surface area contributed by atoms with Gasteiger partial charge in [-0.1, -0.05) is 36.2 Å². The van der Waals surface area contributed by atoms with Gasteiger partial charge in [0, 0.05) is 11.7 Å². The van der Waals surface area contributed by atoms with Crippen molar-refractivity contribution in [1.29, 1.82) is 0 Å². The maximum Gasteiger partial charge on any atom is 0.148 e. The number of hydrogen-bond acceptors (Lipinski definition) is 2. The van der Waals surface area contributed by atoms with E-state index in [-0.39, 0.29) is 5.41 Å². The minimum Gasteiger partial charge on any atom is -0.229 e. The van der Waals surface area contributed by atoms with Gasteiger partial charge in [-0.25, -0.2) is 8.42 Å². The number of sulfone groups is 1. The van der Waals surface area contributed by atoms with Crippen LogP contribution >= 0.6 is 0 Å². The molecular weight excluding hydrogens is 220 g/mol. The molecule has 1 aliphatic rings. The van der Waals surface area contributed by atoms with E-state index in [1.54, 1.807) is 0 Å². The number of rotatable bonds is 3. The first-order valence-corrected chi connectivity index (χ1v) is 7.72. The van der Waals surface area contributed by atoms with Crippen LogP contribution < -0.4 is 0 Å². The van der Waals surface area contributed by atoms with E-state index in [0.717, 1.165) is 19.3 Å². The predicted octanol–water partition coefficient (Wildman–Crippen LogP) is 2.46. The van der Waals surface area contributed by atoms with Crippen LogP contribution in [0, 0.1) is 6.92 Å². The third-order valence-electron chi connectivity index (χ3n) is 3.51. The number of benzene rings is 1. The molecule has 1 aliphatic carbocycles. The second-order valence-electron chi connectivity index (χ2n) is 5.07. The van der Waals surface area contributed by atoms with Crippen LogP contribution in [0.4, 0.5) is 0 Å². The summed E-state index contributed by atoms with van der Waals surface area (Å²) in [5, 5.41) is 0. The summed E-state index contributed by atoms with van der Waals surface area (Å²) in [7, 11) is -2.90. The van der Waals surface area contributed by atoms with E-state index in [9.17, 15) is 8.42 Å². The topological polar surface area (TPSA) is 34.1 Å². The van der Waals surface area contributed by atoms with Gasteiger partial charge in [0.1, 0.15) is 9.84 Å². The van der Waals surface area contributed by atoms with Gasteiger partial charge in [0.25, 0.3) is 0 Å². The lowest BCUT2D eigenvalue weighted by atomic mass is 9.66. The summed E-state index contributed by atoms with van der Waals surface area (Å²) >= 11 is 0. The first kappa shape index (κ1) is 11.6. The molecule has 1 aromatic rings. The van der Waals surface area contributed by atoms with Crippen LogP contribution in [-0.4, -0.2) is 20.4 Å². The summed E-state index contributed by atoms with van der Waals surface area (Å²) in [6.07, 6.45) is 4.48. The van der Waals surface area contributed by atoms with Gasteiger partial charge in [0.05, 0.1) is 5.75 Å². The standard InChI is InChI=1S/C13H18O2S/c1-11-4-6-12(7-5-11)13(8-3-9-13)10-16(2,14)15/h4-7H,3,8-10H2,1-2H3. The zero-order chi connectivity index (χ0) is 11.8. The van der Waals surface area contributed by atoms with Crippen molar-refractivity contribution in [3.63, 3.8) is 0 Å². The molecule has 0 spiro atoms. The lowest BCUT2D eigenvalue weighted by Crippen LogP contribution is -2.40. The quantitative estimate of drug-likeness (QED) is 0.810. The molecule has 3 heteroatoms. The van der Waals surface area contributed by atoms with Gasteiger partial charge >= 0.3 is 0 Å². The van der Waals surface area contributed by atoms with Crippen LogP contribution in [0.15, 0.2) is 24.3 Å². The fourth-order valence-corrected chi connectivity index (χ4v) is 3.99. The van der Waals surface area contributed by atoms with Crippen LogP contribution in [0.25, 0.3) is 0 Å². The van der Waals surface area contributed by atoms with E-state index < -0.39 is 9.84 Å². The van der Waals surface area contributed by atoms with E-state index in [2.05, 4.69) is 24.3 Å². The van der Waals surface area contributed by atoms with Crippen molar-refractivity contribution in [3.8, 4) is 0 Å². The van der Waals surface area contributed by atoms with Gasteiger partial charge in [0.2, 0.25) is 0 Å². The third-order valence-corrected chi connectivity index (χ3v) is 4.59. The summed E-state index contributed by atoms with van der Waals surface area (Å²) in [5.41, 5.74) is 2.31. The maximum atomic E-state index is 11.5. The van der Waals surface area contributed by atoms with E-state index in [1.807, 2.05) is 6.92 Å². The second-order valence-corrected chi connectivity index (χ2v) is 7.21. The van der Waals surface area contributed by atoms with Crippen molar-refractivity contribution in [2.75, 3.05) is 12.0 Å². The van der Waals surface area contributed by atoms with E-state index in [0.29, 0.717) is 5.75 Å². The normalized spacial score (nSPS) is 19.1. The van der Waals surface area contributed by atoms with Crippen LogP contribution in [-0.2, 0) is 15.3 Å². The predicted molar refractivity (Wildman–Crippen MR) is 66.4 cm³/mol. The Bertz CT molecular complexity index is 467. The molecule has 0 heterocycles. The Morgan fingerprint density at radius 2 is 1.75 bits per heavy atom. The van der Waals surface area contributed by atoms with E-state index in [1.165, 1.54) is 17.4 Å². The van der Waals surface area contributed by atoms with Gasteiger partial charge in [0.15, 0.2) is 0 Å². The van der Waals surface area contributed by atoms with Gasteiger partial charge in [-0.2, -0.15) is 0 Å². The van der Waals surface area contributed by atoms with Crippen molar-refractivity contribution in [3.05, 3.63) is 35.4 Å². The Morgan fingerprint density at radius 1 is 1.19 bits per heavy atom. The molecule has 88 valence electrons. The molecular formula is C13H18O2S. The summed E-state index contributed by atoms with van der Waals surface area (Å²) in [4.78, 5) is 0. The fourth-order valence-electron chi connectivity index (χ4n) is 2.53. The highest BCUT2D eigenvalue weighted by atomic mass is 32.2. The van der Waals surface area contributed by atoms with Gasteiger partial charge in [-0.15, -0.1) is 0 Å². The van der Waals surface area contributed by atoms with Crippen LogP contribution in [0.2, 0.25) is 0 Å². The minimum atomic E-state index is -2.90. The first-order chi connectivity index (χ1) is 7.41. The average Bonchev–Trinajstić information content (AvgIpc) is 2.11. The molecule has 2 nitrogen and oxygen atoms in total. The molecule has 1 saturated carbocycles. The molecule has 0 aliphatic heterocycles. The first-order valence-electron chi connectivity index (χ1n) is 5.66. The van der Waals surface area contributed by atoms with Crippen molar-refractivity contribution < 1.29 is 8.42 Å². The lowest BCUT2D eigenvalue weighted by Gasteiger charge is -2.42. The van der Waals surface area contributed by atoms with Crippen molar-refractivity contribution in [2.24, 2.45) is 0 Å². The Hall–Kier alpha value is -0.830. The molecule has 16 heavy (non-hydrogen) atoms. The van der Waals surface area contributed by atoms with Crippen LogP contribution in [0.3, 0.4) is 0 Å².